The second kappa shape index (κ2) is 7.22. The van der Waals surface area contributed by atoms with Crippen molar-refractivity contribution >= 4 is 17.3 Å². The highest BCUT2D eigenvalue weighted by molar-refractivity contribution is 6.30. The average molecular weight is 382 g/mol. The van der Waals surface area contributed by atoms with E-state index in [1.54, 1.807) is 51.1 Å². The van der Waals surface area contributed by atoms with Gasteiger partial charge in [0.05, 0.1) is 0 Å². The van der Waals surface area contributed by atoms with Crippen LogP contribution < -0.4 is 5.32 Å². The van der Waals surface area contributed by atoms with E-state index in [2.05, 4.69) is 11.2 Å². The molecule has 26 heavy (non-hydrogen) atoms. The second-order valence-electron chi connectivity index (χ2n) is 6.89. The largest absolute Gasteiger partial charge is 0.433 e. The number of benzene rings is 2. The number of rotatable bonds is 2. The molecule has 2 aromatic carbocycles. The quantitative estimate of drug-likeness (QED) is 0.687. The predicted molar refractivity (Wildman–Crippen MR) is 98.1 cm³/mol. The summed E-state index contributed by atoms with van der Waals surface area (Å²) in [5.74, 6) is 4.41. The van der Waals surface area contributed by atoms with E-state index in [9.17, 15) is 18.3 Å². The van der Waals surface area contributed by atoms with Crippen LogP contribution in [0.2, 0.25) is 5.02 Å². The van der Waals surface area contributed by atoms with Crippen molar-refractivity contribution in [3.05, 3.63) is 64.7 Å². The van der Waals surface area contributed by atoms with Gasteiger partial charge in [-0.25, -0.2) is 0 Å². The molecule has 0 saturated carbocycles. The monoisotopic (exact) mass is 381 g/mol. The minimum Gasteiger partial charge on any atom is -0.380 e. The van der Waals surface area contributed by atoms with Crippen LogP contribution in [0.25, 0.3) is 0 Å². The Kier molecular flexibility index (Phi) is 5.60. The molecule has 1 unspecified atom stereocenters. The zero-order valence-electron chi connectivity index (χ0n) is 14.6. The molecule has 0 bridgehead atoms. The Bertz CT molecular complexity index is 832. The first-order valence-electron chi connectivity index (χ1n) is 7.88. The number of hydrogen-bond acceptors (Lipinski definition) is 2. The maximum absolute atomic E-state index is 13.8. The molecule has 6 heteroatoms. The molecule has 2 nitrogen and oxygen atoms in total. The minimum absolute atomic E-state index is 0.0728. The second-order valence-corrected chi connectivity index (χ2v) is 7.33. The first-order valence-corrected chi connectivity index (χ1v) is 8.26. The molecule has 1 atom stereocenters. The van der Waals surface area contributed by atoms with E-state index in [0.29, 0.717) is 5.56 Å². The fourth-order valence-corrected chi connectivity index (χ4v) is 2.48. The third kappa shape index (κ3) is 4.72. The van der Waals surface area contributed by atoms with Crippen LogP contribution in [-0.4, -0.2) is 16.8 Å². The maximum Gasteiger partial charge on any atom is 0.433 e. The highest BCUT2D eigenvalue weighted by Gasteiger charge is 2.55. The molecule has 0 aliphatic heterocycles. The summed E-state index contributed by atoms with van der Waals surface area (Å²) in [4.78, 5) is 0. The molecule has 2 N–H and O–H groups in total. The lowest BCUT2D eigenvalue weighted by Crippen LogP contribution is -2.42. The summed E-state index contributed by atoms with van der Waals surface area (Å²) in [5, 5.41) is 13.6. The normalized spacial score (nSPS) is 14.2. The molecule has 0 amide bonds. The molecule has 138 valence electrons. The number of alkyl halides is 3. The minimum atomic E-state index is -5.02. The van der Waals surface area contributed by atoms with E-state index in [1.165, 1.54) is 12.1 Å². The van der Waals surface area contributed by atoms with Crippen LogP contribution in [-0.2, 0) is 5.60 Å². The van der Waals surface area contributed by atoms with E-state index < -0.39 is 22.9 Å². The lowest BCUT2D eigenvalue weighted by molar-refractivity contribution is -0.240. The van der Waals surface area contributed by atoms with Crippen molar-refractivity contribution in [1.82, 2.24) is 0 Å². The highest BCUT2D eigenvalue weighted by atomic mass is 35.5. The Balaban J connectivity index is 2.65. The van der Waals surface area contributed by atoms with Gasteiger partial charge in [0.25, 0.3) is 5.60 Å². The first kappa shape index (κ1) is 20.2. The van der Waals surface area contributed by atoms with E-state index in [-0.39, 0.29) is 10.7 Å². The summed E-state index contributed by atoms with van der Waals surface area (Å²) in [5.41, 5.74) is -3.86. The molecule has 0 aliphatic rings. The summed E-state index contributed by atoms with van der Waals surface area (Å²) >= 11 is 5.91. The fraction of sp³-hybridized carbons (Fsp3) is 0.300. The predicted octanol–water partition coefficient (Wildman–Crippen LogP) is 5.35. The molecule has 0 saturated heterocycles. The van der Waals surface area contributed by atoms with Crippen LogP contribution in [0.5, 0.6) is 0 Å². The Morgan fingerprint density at radius 1 is 1.00 bits per heavy atom. The molecule has 0 spiro atoms. The molecular formula is C20H19ClF3NO. The summed E-state index contributed by atoms with van der Waals surface area (Å²) in [6.45, 7) is 5.40. The van der Waals surface area contributed by atoms with Crippen molar-refractivity contribution in [2.24, 2.45) is 0 Å². The van der Waals surface area contributed by atoms with Gasteiger partial charge in [-0.15, -0.1) is 0 Å². The standard InChI is InChI=1S/C20H19ClF3NO/c1-18(2,3)25-17-10-9-15(21)13-16(17)19(26,20(22,23)24)12-11-14-7-5-4-6-8-14/h4-10,13,25-26H,1-3H3. The van der Waals surface area contributed by atoms with Gasteiger partial charge in [-0.2, -0.15) is 13.2 Å². The van der Waals surface area contributed by atoms with Gasteiger partial charge in [0.1, 0.15) is 0 Å². The molecule has 2 rings (SSSR count). The molecule has 0 aliphatic carbocycles. The zero-order valence-corrected chi connectivity index (χ0v) is 15.3. The number of hydrogen-bond donors (Lipinski definition) is 2. The van der Waals surface area contributed by atoms with Crippen LogP contribution in [0.1, 0.15) is 31.9 Å². The van der Waals surface area contributed by atoms with Gasteiger partial charge in [0, 0.05) is 27.4 Å². The van der Waals surface area contributed by atoms with E-state index >= 15 is 0 Å². The lowest BCUT2D eigenvalue weighted by atomic mass is 9.90. The number of nitrogens with one attached hydrogen (secondary N) is 1. The van der Waals surface area contributed by atoms with Crippen molar-refractivity contribution in [3.8, 4) is 11.8 Å². The molecule has 0 radical (unpaired) electrons. The van der Waals surface area contributed by atoms with Crippen LogP contribution in [0.15, 0.2) is 48.5 Å². The van der Waals surface area contributed by atoms with Crippen LogP contribution >= 0.6 is 11.6 Å². The van der Waals surface area contributed by atoms with Gasteiger partial charge < -0.3 is 10.4 Å². The van der Waals surface area contributed by atoms with Gasteiger partial charge in [-0.3, -0.25) is 0 Å². The van der Waals surface area contributed by atoms with Gasteiger partial charge in [-0.1, -0.05) is 35.7 Å². The Morgan fingerprint density at radius 3 is 2.15 bits per heavy atom. The molecular weight excluding hydrogens is 363 g/mol. The van der Waals surface area contributed by atoms with Crippen molar-refractivity contribution in [2.75, 3.05) is 5.32 Å². The van der Waals surface area contributed by atoms with E-state index in [4.69, 9.17) is 11.6 Å². The Hall–Kier alpha value is -2.16. The van der Waals surface area contributed by atoms with Crippen LogP contribution in [0, 0.1) is 11.8 Å². The highest BCUT2D eigenvalue weighted by Crippen LogP contribution is 2.43. The van der Waals surface area contributed by atoms with Gasteiger partial charge in [0.15, 0.2) is 0 Å². The van der Waals surface area contributed by atoms with Crippen molar-refractivity contribution < 1.29 is 18.3 Å². The summed E-state index contributed by atoms with van der Waals surface area (Å²) in [7, 11) is 0. The summed E-state index contributed by atoms with van der Waals surface area (Å²) < 4.78 is 41.4. The number of aliphatic hydroxyl groups is 1. The molecule has 0 heterocycles. The van der Waals surface area contributed by atoms with Gasteiger partial charge >= 0.3 is 6.18 Å². The topological polar surface area (TPSA) is 32.3 Å². The van der Waals surface area contributed by atoms with Crippen molar-refractivity contribution in [3.63, 3.8) is 0 Å². The Morgan fingerprint density at radius 2 is 1.62 bits per heavy atom. The van der Waals surface area contributed by atoms with Crippen molar-refractivity contribution in [2.45, 2.75) is 38.1 Å². The molecule has 0 fully saturated rings. The van der Waals surface area contributed by atoms with Gasteiger partial charge in [-0.05, 0) is 57.0 Å². The first-order chi connectivity index (χ1) is 11.9. The van der Waals surface area contributed by atoms with Crippen molar-refractivity contribution in [1.29, 1.82) is 0 Å². The van der Waals surface area contributed by atoms with Crippen LogP contribution in [0.4, 0.5) is 18.9 Å². The zero-order chi connectivity index (χ0) is 19.6. The van der Waals surface area contributed by atoms with Crippen LogP contribution in [0.3, 0.4) is 0 Å². The third-order valence-corrected chi connectivity index (χ3v) is 3.69. The smallest absolute Gasteiger partial charge is 0.380 e. The summed E-state index contributed by atoms with van der Waals surface area (Å²) in [6, 6.07) is 12.1. The average Bonchev–Trinajstić information content (AvgIpc) is 2.53. The fourth-order valence-electron chi connectivity index (χ4n) is 2.30. The SMILES string of the molecule is CC(C)(C)Nc1ccc(Cl)cc1C(O)(C#Cc1ccccc1)C(F)(F)F. The van der Waals surface area contributed by atoms with Gasteiger partial charge in [0.2, 0.25) is 0 Å². The number of anilines is 1. The van der Waals surface area contributed by atoms with E-state index in [0.717, 1.165) is 6.07 Å². The van der Waals surface area contributed by atoms with E-state index in [1.807, 2.05) is 5.92 Å². The maximum atomic E-state index is 13.8. The summed E-state index contributed by atoms with van der Waals surface area (Å²) in [6.07, 6.45) is -5.02. The molecule has 0 aromatic heterocycles. The Labute approximate surface area is 156 Å². The molecule has 2 aromatic rings. The third-order valence-electron chi connectivity index (χ3n) is 3.45. The number of halogens is 4. The lowest BCUT2D eigenvalue weighted by Gasteiger charge is -2.31.